The molecule has 0 spiro atoms. The molecule has 6 heteroatoms. The number of hydrogen-bond donors (Lipinski definition) is 2. The third-order valence-electron chi connectivity index (χ3n) is 4.93. The molecule has 0 saturated heterocycles. The zero-order valence-corrected chi connectivity index (χ0v) is 17.1. The number of H-pyrrole nitrogens is 1. The lowest BCUT2D eigenvalue weighted by Crippen LogP contribution is -2.37. The van der Waals surface area contributed by atoms with E-state index >= 15 is 0 Å². The van der Waals surface area contributed by atoms with Crippen molar-refractivity contribution in [3.8, 4) is 0 Å². The third-order valence-corrected chi connectivity index (χ3v) is 4.93. The molecule has 2 aromatic heterocycles. The van der Waals surface area contributed by atoms with Crippen LogP contribution in [-0.4, -0.2) is 29.4 Å². The number of aromatic amines is 1. The Labute approximate surface area is 170 Å². The minimum Gasteiger partial charge on any atom is -0.467 e. The van der Waals surface area contributed by atoms with E-state index in [-0.39, 0.29) is 18.4 Å². The molecule has 2 N–H and O–H groups in total. The van der Waals surface area contributed by atoms with E-state index in [0.29, 0.717) is 22.5 Å². The van der Waals surface area contributed by atoms with Gasteiger partial charge < -0.3 is 14.1 Å². The molecule has 3 rings (SSSR count). The average Bonchev–Trinajstić information content (AvgIpc) is 3.34. The molecule has 0 radical (unpaired) electrons. The van der Waals surface area contributed by atoms with Gasteiger partial charge in [-0.1, -0.05) is 30.3 Å². The Hall–Kier alpha value is -3.12. The van der Waals surface area contributed by atoms with Crippen molar-refractivity contribution in [2.75, 3.05) is 6.61 Å². The molecule has 152 valence electrons. The van der Waals surface area contributed by atoms with Gasteiger partial charge >= 0.3 is 5.97 Å². The quantitative estimate of drug-likeness (QED) is 0.438. The number of ether oxygens (including phenoxy) is 1. The van der Waals surface area contributed by atoms with Crippen LogP contribution < -0.4 is 5.32 Å². The van der Waals surface area contributed by atoms with Crippen LogP contribution in [0.25, 0.3) is 0 Å². The van der Waals surface area contributed by atoms with E-state index in [2.05, 4.69) is 10.3 Å². The zero-order valence-electron chi connectivity index (χ0n) is 17.1. The van der Waals surface area contributed by atoms with Crippen molar-refractivity contribution in [2.45, 2.75) is 39.8 Å². The molecule has 3 aromatic rings. The number of aromatic nitrogens is 1. The van der Waals surface area contributed by atoms with Gasteiger partial charge in [-0.15, -0.1) is 0 Å². The van der Waals surface area contributed by atoms with Crippen LogP contribution in [0, 0.1) is 13.8 Å². The molecule has 0 aliphatic carbocycles. The summed E-state index contributed by atoms with van der Waals surface area (Å²) in [6, 6.07) is 12.7. The number of ketones is 1. The van der Waals surface area contributed by atoms with Crippen LogP contribution >= 0.6 is 0 Å². The summed E-state index contributed by atoms with van der Waals surface area (Å²) in [5, 5.41) is 3.36. The van der Waals surface area contributed by atoms with Crippen LogP contribution in [0.4, 0.5) is 0 Å². The Bertz CT molecular complexity index is 974. The van der Waals surface area contributed by atoms with Crippen molar-refractivity contribution in [1.29, 1.82) is 0 Å². The molecule has 1 aromatic carbocycles. The minimum atomic E-state index is -0.517. The maximum absolute atomic E-state index is 13.2. The maximum Gasteiger partial charge on any atom is 0.340 e. The van der Waals surface area contributed by atoms with Crippen molar-refractivity contribution >= 4 is 11.8 Å². The van der Waals surface area contributed by atoms with E-state index in [9.17, 15) is 9.59 Å². The molecule has 0 unspecified atom stereocenters. The monoisotopic (exact) mass is 394 g/mol. The smallest absolute Gasteiger partial charge is 0.340 e. The fraction of sp³-hybridized carbons (Fsp3) is 0.304. The SMILES string of the molecule is CCOC(=O)c1c(C)[nH]c(C(=O)[C@H](C)N[C@@H](c2ccccc2)c2ccco2)c1C. The fourth-order valence-corrected chi connectivity index (χ4v) is 3.49. The first-order valence-corrected chi connectivity index (χ1v) is 9.68. The number of furan rings is 1. The number of rotatable bonds is 8. The van der Waals surface area contributed by atoms with Crippen molar-refractivity contribution in [3.05, 3.63) is 82.6 Å². The molecular formula is C23H26N2O4. The molecule has 0 aliphatic rings. The lowest BCUT2D eigenvalue weighted by Gasteiger charge is -2.21. The molecule has 0 fully saturated rings. The third kappa shape index (κ3) is 4.32. The van der Waals surface area contributed by atoms with E-state index in [0.717, 1.165) is 11.3 Å². The average molecular weight is 394 g/mol. The number of carbonyl (C=O) groups excluding carboxylic acids is 2. The van der Waals surface area contributed by atoms with Crippen LogP contribution in [0.15, 0.2) is 53.1 Å². The molecule has 0 bridgehead atoms. The van der Waals surface area contributed by atoms with Crippen LogP contribution in [0.2, 0.25) is 0 Å². The second kappa shape index (κ2) is 8.92. The topological polar surface area (TPSA) is 84.3 Å². The van der Waals surface area contributed by atoms with Gasteiger partial charge in [-0.25, -0.2) is 4.79 Å². The van der Waals surface area contributed by atoms with Gasteiger partial charge in [0.1, 0.15) is 5.76 Å². The van der Waals surface area contributed by atoms with Gasteiger partial charge in [0.2, 0.25) is 0 Å². The summed E-state index contributed by atoms with van der Waals surface area (Å²) in [6.07, 6.45) is 1.61. The molecular weight excluding hydrogens is 368 g/mol. The van der Waals surface area contributed by atoms with Crippen LogP contribution in [0.5, 0.6) is 0 Å². The summed E-state index contributed by atoms with van der Waals surface area (Å²) < 4.78 is 10.7. The van der Waals surface area contributed by atoms with E-state index in [1.165, 1.54) is 0 Å². The van der Waals surface area contributed by atoms with Crippen molar-refractivity contribution in [1.82, 2.24) is 10.3 Å². The van der Waals surface area contributed by atoms with Crippen LogP contribution in [0.3, 0.4) is 0 Å². The van der Waals surface area contributed by atoms with Crippen LogP contribution in [-0.2, 0) is 4.74 Å². The molecule has 2 atom stereocenters. The predicted octanol–water partition coefficient (Wildman–Crippen LogP) is 4.35. The fourth-order valence-electron chi connectivity index (χ4n) is 3.49. The van der Waals surface area contributed by atoms with Gasteiger partial charge in [0, 0.05) is 5.69 Å². The summed E-state index contributed by atoms with van der Waals surface area (Å²) in [4.78, 5) is 28.5. The number of nitrogens with one attached hydrogen (secondary N) is 2. The second-order valence-corrected chi connectivity index (χ2v) is 6.96. The number of aryl methyl sites for hydroxylation is 1. The number of esters is 1. The standard InChI is InChI=1S/C23H26N2O4/c1-5-28-23(27)19-14(2)20(24-15(19)3)22(26)16(4)25-21(18-12-9-13-29-18)17-10-7-6-8-11-17/h6-13,16,21,24-25H,5H2,1-4H3/t16-,21-/m0/s1. The first kappa shape index (κ1) is 20.6. The second-order valence-electron chi connectivity index (χ2n) is 6.96. The largest absolute Gasteiger partial charge is 0.467 e. The van der Waals surface area contributed by atoms with E-state index in [4.69, 9.17) is 9.15 Å². The van der Waals surface area contributed by atoms with Crippen molar-refractivity contribution in [2.24, 2.45) is 0 Å². The van der Waals surface area contributed by atoms with E-state index in [1.54, 1.807) is 34.0 Å². The normalized spacial score (nSPS) is 13.1. The highest BCUT2D eigenvalue weighted by molar-refractivity contribution is 6.03. The number of carbonyl (C=O) groups is 2. The maximum atomic E-state index is 13.2. The van der Waals surface area contributed by atoms with Gasteiger partial charge in [-0.05, 0) is 51.0 Å². The number of benzene rings is 1. The lowest BCUT2D eigenvalue weighted by molar-refractivity contribution is 0.0525. The first-order chi connectivity index (χ1) is 13.9. The van der Waals surface area contributed by atoms with Crippen molar-refractivity contribution < 1.29 is 18.7 Å². The Morgan fingerprint density at radius 3 is 2.48 bits per heavy atom. The molecule has 0 aliphatic heterocycles. The highest BCUT2D eigenvalue weighted by Crippen LogP contribution is 2.25. The Balaban J connectivity index is 1.86. The molecule has 2 heterocycles. The predicted molar refractivity (Wildman–Crippen MR) is 110 cm³/mol. The summed E-state index contributed by atoms with van der Waals surface area (Å²) in [6.45, 7) is 7.37. The zero-order chi connectivity index (χ0) is 21.0. The highest BCUT2D eigenvalue weighted by Gasteiger charge is 2.28. The summed E-state index contributed by atoms with van der Waals surface area (Å²) in [7, 11) is 0. The molecule has 0 amide bonds. The van der Waals surface area contributed by atoms with Gasteiger partial charge in [0.25, 0.3) is 0 Å². The van der Waals surface area contributed by atoms with Gasteiger partial charge in [0.05, 0.1) is 36.2 Å². The van der Waals surface area contributed by atoms with E-state index < -0.39 is 12.0 Å². The van der Waals surface area contributed by atoms with Gasteiger partial charge in [-0.3, -0.25) is 10.1 Å². The number of Topliss-reactive ketones (excluding diaryl/α,β-unsaturated/α-hetero) is 1. The lowest BCUT2D eigenvalue weighted by atomic mass is 10.0. The Kier molecular flexibility index (Phi) is 6.34. The van der Waals surface area contributed by atoms with Crippen molar-refractivity contribution in [3.63, 3.8) is 0 Å². The highest BCUT2D eigenvalue weighted by atomic mass is 16.5. The van der Waals surface area contributed by atoms with E-state index in [1.807, 2.05) is 42.5 Å². The molecule has 0 saturated carbocycles. The first-order valence-electron chi connectivity index (χ1n) is 9.68. The molecule has 29 heavy (non-hydrogen) atoms. The summed E-state index contributed by atoms with van der Waals surface area (Å²) in [5.41, 5.74) is 3.06. The molecule has 6 nitrogen and oxygen atoms in total. The Morgan fingerprint density at radius 1 is 1.14 bits per heavy atom. The Morgan fingerprint density at radius 2 is 1.86 bits per heavy atom. The van der Waals surface area contributed by atoms with Gasteiger partial charge in [-0.2, -0.15) is 0 Å². The summed E-state index contributed by atoms with van der Waals surface area (Å²) >= 11 is 0. The van der Waals surface area contributed by atoms with Crippen LogP contribution in [0.1, 0.15) is 63.3 Å². The van der Waals surface area contributed by atoms with Gasteiger partial charge in [0.15, 0.2) is 5.78 Å². The summed E-state index contributed by atoms with van der Waals surface area (Å²) in [5.74, 6) is 0.173. The number of hydrogen-bond acceptors (Lipinski definition) is 5. The minimum absolute atomic E-state index is 0.131.